The number of carbonyl (C=O) groups is 1. The topological polar surface area (TPSA) is 77.1 Å². The third-order valence-corrected chi connectivity index (χ3v) is 3.78. The molecule has 0 aliphatic carbocycles. The first-order valence-corrected chi connectivity index (χ1v) is 7.48. The van der Waals surface area contributed by atoms with Gasteiger partial charge >= 0.3 is 0 Å². The SMILES string of the molecule is CCC(C)n1nccc1NC(=O)c1cc(=O)c2ccccc2o1. The maximum absolute atomic E-state index is 12.4. The van der Waals surface area contributed by atoms with Gasteiger partial charge in [0, 0.05) is 12.1 Å². The Morgan fingerprint density at radius 1 is 1.35 bits per heavy atom. The van der Waals surface area contributed by atoms with Crippen LogP contribution in [0.4, 0.5) is 5.82 Å². The number of hydrogen-bond acceptors (Lipinski definition) is 4. The van der Waals surface area contributed by atoms with Crippen LogP contribution in [0.1, 0.15) is 36.9 Å². The van der Waals surface area contributed by atoms with E-state index in [1.807, 2.05) is 13.8 Å². The van der Waals surface area contributed by atoms with E-state index < -0.39 is 5.91 Å². The van der Waals surface area contributed by atoms with Crippen molar-refractivity contribution >= 4 is 22.7 Å². The molecule has 118 valence electrons. The first-order valence-electron chi connectivity index (χ1n) is 7.48. The first kappa shape index (κ1) is 15.0. The zero-order valence-corrected chi connectivity index (χ0v) is 12.9. The maximum atomic E-state index is 12.4. The van der Waals surface area contributed by atoms with Gasteiger partial charge in [0.15, 0.2) is 11.2 Å². The molecule has 0 bridgehead atoms. The Morgan fingerprint density at radius 3 is 2.91 bits per heavy atom. The van der Waals surface area contributed by atoms with Gasteiger partial charge in [-0.2, -0.15) is 5.10 Å². The fraction of sp³-hybridized carbons (Fsp3) is 0.235. The molecular weight excluding hydrogens is 294 g/mol. The average Bonchev–Trinajstić information content (AvgIpc) is 3.02. The molecule has 3 aromatic rings. The molecule has 1 amide bonds. The van der Waals surface area contributed by atoms with E-state index in [2.05, 4.69) is 10.4 Å². The average molecular weight is 311 g/mol. The number of carbonyl (C=O) groups excluding carboxylic acids is 1. The van der Waals surface area contributed by atoms with Gasteiger partial charge in [-0.1, -0.05) is 19.1 Å². The molecule has 23 heavy (non-hydrogen) atoms. The highest BCUT2D eigenvalue weighted by molar-refractivity contribution is 6.02. The highest BCUT2D eigenvalue weighted by Gasteiger charge is 2.16. The van der Waals surface area contributed by atoms with Gasteiger partial charge in [0.05, 0.1) is 17.6 Å². The molecule has 0 aliphatic rings. The van der Waals surface area contributed by atoms with Crippen molar-refractivity contribution < 1.29 is 9.21 Å². The summed E-state index contributed by atoms with van der Waals surface area (Å²) in [6.45, 7) is 4.05. The van der Waals surface area contributed by atoms with Crippen LogP contribution < -0.4 is 10.7 Å². The summed E-state index contributed by atoms with van der Waals surface area (Å²) in [6, 6.07) is 9.92. The van der Waals surface area contributed by atoms with Crippen LogP contribution in [0.5, 0.6) is 0 Å². The highest BCUT2D eigenvalue weighted by atomic mass is 16.3. The molecule has 1 aromatic carbocycles. The molecule has 1 atom stereocenters. The van der Waals surface area contributed by atoms with Gasteiger partial charge < -0.3 is 9.73 Å². The minimum Gasteiger partial charge on any atom is -0.451 e. The predicted molar refractivity (Wildman–Crippen MR) is 87.7 cm³/mol. The van der Waals surface area contributed by atoms with Crippen LogP contribution in [0.2, 0.25) is 0 Å². The normalized spacial score (nSPS) is 12.3. The van der Waals surface area contributed by atoms with Crippen LogP contribution in [0.15, 0.2) is 51.8 Å². The van der Waals surface area contributed by atoms with Gasteiger partial charge in [-0.25, -0.2) is 4.68 Å². The van der Waals surface area contributed by atoms with Crippen LogP contribution in [0.25, 0.3) is 11.0 Å². The van der Waals surface area contributed by atoms with Crippen molar-refractivity contribution in [3.63, 3.8) is 0 Å². The summed E-state index contributed by atoms with van der Waals surface area (Å²) in [5, 5.41) is 7.41. The number of benzene rings is 1. The van der Waals surface area contributed by atoms with Gasteiger partial charge in [0.2, 0.25) is 0 Å². The molecule has 0 saturated heterocycles. The van der Waals surface area contributed by atoms with Crippen molar-refractivity contribution in [3.8, 4) is 0 Å². The number of hydrogen-bond donors (Lipinski definition) is 1. The standard InChI is InChI=1S/C17H17N3O3/c1-3-11(2)20-16(8-9-18-20)19-17(22)15-10-13(21)12-6-4-5-7-14(12)23-15/h4-11H,3H2,1-2H3,(H,19,22). The van der Waals surface area contributed by atoms with Crippen LogP contribution in [0.3, 0.4) is 0 Å². The second-order valence-electron chi connectivity index (χ2n) is 5.34. The molecule has 1 N–H and O–H groups in total. The van der Waals surface area contributed by atoms with Crippen molar-refractivity contribution in [2.24, 2.45) is 0 Å². The molecule has 0 fully saturated rings. The Balaban J connectivity index is 1.93. The summed E-state index contributed by atoms with van der Waals surface area (Å²) < 4.78 is 7.27. The summed E-state index contributed by atoms with van der Waals surface area (Å²) in [5.41, 5.74) is 0.146. The number of rotatable bonds is 4. The summed E-state index contributed by atoms with van der Waals surface area (Å²) >= 11 is 0. The number of aromatic nitrogens is 2. The zero-order valence-electron chi connectivity index (χ0n) is 12.9. The Hall–Kier alpha value is -2.89. The third-order valence-electron chi connectivity index (χ3n) is 3.78. The molecule has 3 rings (SSSR count). The largest absolute Gasteiger partial charge is 0.451 e. The van der Waals surface area contributed by atoms with Gasteiger partial charge in [-0.3, -0.25) is 9.59 Å². The smallest absolute Gasteiger partial charge is 0.292 e. The second-order valence-corrected chi connectivity index (χ2v) is 5.34. The quantitative estimate of drug-likeness (QED) is 0.802. The third kappa shape index (κ3) is 2.88. The molecule has 0 saturated carbocycles. The van der Waals surface area contributed by atoms with Crippen LogP contribution in [-0.4, -0.2) is 15.7 Å². The number of fused-ring (bicyclic) bond motifs is 1. The minimum absolute atomic E-state index is 0.0226. The second kappa shape index (κ2) is 6.08. The van der Waals surface area contributed by atoms with E-state index in [0.29, 0.717) is 16.8 Å². The minimum atomic E-state index is -0.474. The maximum Gasteiger partial charge on any atom is 0.292 e. The lowest BCUT2D eigenvalue weighted by molar-refractivity contribution is 0.0996. The zero-order chi connectivity index (χ0) is 16.4. The Bertz CT molecular complexity index is 911. The van der Waals surface area contributed by atoms with Crippen LogP contribution >= 0.6 is 0 Å². The molecule has 2 heterocycles. The summed E-state index contributed by atoms with van der Waals surface area (Å²) in [6.07, 6.45) is 2.51. The Kier molecular flexibility index (Phi) is 3.97. The fourth-order valence-corrected chi connectivity index (χ4v) is 2.33. The lowest BCUT2D eigenvalue weighted by Crippen LogP contribution is -2.18. The monoisotopic (exact) mass is 311 g/mol. The van der Waals surface area contributed by atoms with E-state index in [0.717, 1.165) is 6.42 Å². The predicted octanol–water partition coefficient (Wildman–Crippen LogP) is 3.21. The van der Waals surface area contributed by atoms with E-state index in [1.165, 1.54) is 6.07 Å². The first-order chi connectivity index (χ1) is 11.1. The van der Waals surface area contributed by atoms with Gasteiger partial charge in [-0.05, 0) is 25.5 Å². The van der Waals surface area contributed by atoms with E-state index in [-0.39, 0.29) is 17.2 Å². The number of amides is 1. The van der Waals surface area contributed by atoms with Crippen molar-refractivity contribution in [1.29, 1.82) is 0 Å². The Morgan fingerprint density at radius 2 is 2.13 bits per heavy atom. The van der Waals surface area contributed by atoms with Crippen molar-refractivity contribution in [2.45, 2.75) is 26.3 Å². The number of para-hydroxylation sites is 1. The molecule has 6 nitrogen and oxygen atoms in total. The molecule has 0 radical (unpaired) electrons. The fourth-order valence-electron chi connectivity index (χ4n) is 2.33. The summed E-state index contributed by atoms with van der Waals surface area (Å²) in [4.78, 5) is 24.5. The van der Waals surface area contributed by atoms with Crippen LogP contribution in [0, 0.1) is 0 Å². The molecule has 6 heteroatoms. The van der Waals surface area contributed by atoms with Crippen molar-refractivity contribution in [2.75, 3.05) is 5.32 Å². The highest BCUT2D eigenvalue weighted by Crippen LogP contribution is 2.18. The van der Waals surface area contributed by atoms with E-state index in [1.54, 1.807) is 41.2 Å². The van der Waals surface area contributed by atoms with Gasteiger partial charge in [-0.15, -0.1) is 0 Å². The summed E-state index contributed by atoms with van der Waals surface area (Å²) in [7, 11) is 0. The number of anilines is 1. The molecule has 0 spiro atoms. The molecule has 2 aromatic heterocycles. The lowest BCUT2D eigenvalue weighted by atomic mass is 10.2. The molecule has 1 unspecified atom stereocenters. The van der Waals surface area contributed by atoms with E-state index >= 15 is 0 Å². The lowest BCUT2D eigenvalue weighted by Gasteiger charge is -2.14. The van der Waals surface area contributed by atoms with Crippen molar-refractivity contribution in [3.05, 3.63) is 58.6 Å². The number of nitrogens with one attached hydrogen (secondary N) is 1. The molecular formula is C17H17N3O3. The van der Waals surface area contributed by atoms with E-state index in [4.69, 9.17) is 4.42 Å². The molecule has 0 aliphatic heterocycles. The van der Waals surface area contributed by atoms with Gasteiger partial charge in [0.25, 0.3) is 5.91 Å². The van der Waals surface area contributed by atoms with Crippen LogP contribution in [-0.2, 0) is 0 Å². The summed E-state index contributed by atoms with van der Waals surface area (Å²) in [5.74, 6) is 0.0728. The number of nitrogens with zero attached hydrogens (tertiary/aromatic N) is 2. The van der Waals surface area contributed by atoms with Crippen molar-refractivity contribution in [1.82, 2.24) is 9.78 Å². The Labute approximate surface area is 132 Å². The van der Waals surface area contributed by atoms with E-state index in [9.17, 15) is 9.59 Å². The van der Waals surface area contributed by atoms with Gasteiger partial charge in [0.1, 0.15) is 11.4 Å².